The largest absolute Gasteiger partial charge is 0.338 e. The van der Waals surface area contributed by atoms with Gasteiger partial charge in [-0.15, -0.1) is 0 Å². The van der Waals surface area contributed by atoms with Crippen LogP contribution >= 0.6 is 0 Å². The lowest BCUT2D eigenvalue weighted by atomic mass is 9.50. The van der Waals surface area contributed by atoms with Crippen molar-refractivity contribution in [3.05, 3.63) is 35.9 Å². The topological polar surface area (TPSA) is 16.6 Å². The van der Waals surface area contributed by atoms with Crippen LogP contribution in [0.25, 0.3) is 0 Å². The standard InChI is InChI=1S/C20H29N/c1-13(17-6-4-3-5-7-17)21-14(2)20-18-9-15-8-16(11-18)12-19(20)10-15/h3-7,13-16,18-21H,8-12H2,1-2H3/p+1/t13-,14-,15?,16?,18?,19?,20?/m1/s1. The molecule has 21 heavy (non-hydrogen) atoms. The summed E-state index contributed by atoms with van der Waals surface area (Å²) in [7, 11) is 0. The zero-order valence-corrected chi connectivity index (χ0v) is 13.5. The van der Waals surface area contributed by atoms with Crippen LogP contribution in [0.2, 0.25) is 0 Å². The predicted molar refractivity (Wildman–Crippen MR) is 86.8 cm³/mol. The molecule has 4 saturated carbocycles. The van der Waals surface area contributed by atoms with E-state index in [-0.39, 0.29) is 0 Å². The maximum Gasteiger partial charge on any atom is 0.109 e. The molecular weight excluding hydrogens is 254 g/mol. The summed E-state index contributed by atoms with van der Waals surface area (Å²) in [5, 5.41) is 2.66. The van der Waals surface area contributed by atoms with E-state index in [1.165, 1.54) is 5.56 Å². The number of hydrogen-bond acceptors (Lipinski definition) is 0. The summed E-state index contributed by atoms with van der Waals surface area (Å²) >= 11 is 0. The van der Waals surface area contributed by atoms with Gasteiger partial charge in [0, 0.05) is 11.5 Å². The molecule has 4 aliphatic rings. The zero-order chi connectivity index (χ0) is 14.4. The van der Waals surface area contributed by atoms with Crippen LogP contribution in [0.1, 0.15) is 57.6 Å². The molecule has 1 aromatic rings. The third-order valence-corrected chi connectivity index (χ3v) is 6.82. The minimum Gasteiger partial charge on any atom is -0.338 e. The second-order valence-electron chi connectivity index (χ2n) is 8.26. The van der Waals surface area contributed by atoms with Gasteiger partial charge >= 0.3 is 0 Å². The number of quaternary nitrogens is 1. The first kappa shape index (κ1) is 13.8. The van der Waals surface area contributed by atoms with Crippen molar-refractivity contribution in [3.63, 3.8) is 0 Å². The van der Waals surface area contributed by atoms with Gasteiger partial charge in [0.2, 0.25) is 0 Å². The highest BCUT2D eigenvalue weighted by Gasteiger charge is 2.50. The lowest BCUT2D eigenvalue weighted by Crippen LogP contribution is -2.92. The summed E-state index contributed by atoms with van der Waals surface area (Å²) in [6, 6.07) is 12.4. The molecule has 0 unspecified atom stereocenters. The quantitative estimate of drug-likeness (QED) is 0.867. The second kappa shape index (κ2) is 5.43. The van der Waals surface area contributed by atoms with Crippen molar-refractivity contribution in [3.8, 4) is 0 Å². The van der Waals surface area contributed by atoms with Crippen LogP contribution in [0.15, 0.2) is 30.3 Å². The van der Waals surface area contributed by atoms with E-state index in [0.29, 0.717) is 6.04 Å². The third kappa shape index (κ3) is 2.54. The minimum absolute atomic E-state index is 0.596. The molecule has 2 atom stereocenters. The Bertz CT molecular complexity index is 452. The Morgan fingerprint density at radius 1 is 0.857 bits per heavy atom. The van der Waals surface area contributed by atoms with Crippen molar-refractivity contribution >= 4 is 0 Å². The fourth-order valence-corrected chi connectivity index (χ4v) is 6.28. The second-order valence-corrected chi connectivity index (χ2v) is 8.26. The molecule has 0 aromatic heterocycles. The molecule has 2 N–H and O–H groups in total. The van der Waals surface area contributed by atoms with Crippen LogP contribution in [0.3, 0.4) is 0 Å². The van der Waals surface area contributed by atoms with Crippen molar-refractivity contribution in [1.29, 1.82) is 0 Å². The monoisotopic (exact) mass is 284 g/mol. The molecule has 1 nitrogen and oxygen atoms in total. The molecule has 0 aliphatic heterocycles. The molecule has 0 heterocycles. The van der Waals surface area contributed by atoms with Crippen molar-refractivity contribution < 1.29 is 5.32 Å². The lowest BCUT2D eigenvalue weighted by Gasteiger charge is -2.55. The van der Waals surface area contributed by atoms with Gasteiger partial charge in [-0.05, 0) is 69.6 Å². The van der Waals surface area contributed by atoms with Crippen molar-refractivity contribution in [2.24, 2.45) is 29.6 Å². The summed E-state index contributed by atoms with van der Waals surface area (Å²) in [6.07, 6.45) is 7.77. The smallest absolute Gasteiger partial charge is 0.109 e. The maximum absolute atomic E-state index is 2.66. The summed E-state index contributed by atoms with van der Waals surface area (Å²) < 4.78 is 0. The molecule has 1 aromatic carbocycles. The van der Waals surface area contributed by atoms with E-state index in [1.54, 1.807) is 32.1 Å². The molecule has 4 fully saturated rings. The molecule has 4 bridgehead atoms. The van der Waals surface area contributed by atoms with E-state index in [1.807, 2.05) is 0 Å². The Morgan fingerprint density at radius 3 is 2.00 bits per heavy atom. The summed E-state index contributed by atoms with van der Waals surface area (Å²) in [5.74, 6) is 5.29. The first-order valence-electron chi connectivity index (χ1n) is 9.10. The van der Waals surface area contributed by atoms with Crippen LogP contribution in [0.5, 0.6) is 0 Å². The van der Waals surface area contributed by atoms with Gasteiger partial charge < -0.3 is 5.32 Å². The molecule has 5 rings (SSSR count). The molecule has 1 heteroatoms. The average Bonchev–Trinajstić information content (AvgIpc) is 2.47. The number of nitrogens with two attached hydrogens (primary N) is 1. The van der Waals surface area contributed by atoms with E-state index in [4.69, 9.17) is 0 Å². The Kier molecular flexibility index (Phi) is 3.57. The Morgan fingerprint density at radius 2 is 1.43 bits per heavy atom. The van der Waals surface area contributed by atoms with E-state index >= 15 is 0 Å². The predicted octanol–water partition coefficient (Wildman–Crippen LogP) is 3.77. The molecular formula is C20H30N+. The van der Waals surface area contributed by atoms with Gasteiger partial charge in [-0.3, -0.25) is 0 Å². The molecule has 0 amide bonds. The fraction of sp³-hybridized carbons (Fsp3) is 0.700. The van der Waals surface area contributed by atoms with Crippen LogP contribution in [0, 0.1) is 29.6 Å². The molecule has 114 valence electrons. The number of rotatable bonds is 4. The average molecular weight is 284 g/mol. The Hall–Kier alpha value is -0.820. The first-order valence-corrected chi connectivity index (χ1v) is 9.10. The molecule has 0 saturated heterocycles. The highest BCUT2D eigenvalue weighted by Crippen LogP contribution is 2.57. The van der Waals surface area contributed by atoms with Crippen molar-refractivity contribution in [1.82, 2.24) is 0 Å². The highest BCUT2D eigenvalue weighted by molar-refractivity contribution is 5.16. The molecule has 0 radical (unpaired) electrons. The van der Waals surface area contributed by atoms with E-state index in [2.05, 4.69) is 49.5 Å². The van der Waals surface area contributed by atoms with Gasteiger partial charge in [0.05, 0.1) is 6.04 Å². The lowest BCUT2D eigenvalue weighted by molar-refractivity contribution is -0.731. The Balaban J connectivity index is 1.44. The summed E-state index contributed by atoms with van der Waals surface area (Å²) in [5.41, 5.74) is 1.48. The van der Waals surface area contributed by atoms with E-state index in [0.717, 1.165) is 35.6 Å². The van der Waals surface area contributed by atoms with Gasteiger partial charge in [-0.25, -0.2) is 0 Å². The molecule has 0 spiro atoms. The molecule has 4 aliphatic carbocycles. The van der Waals surface area contributed by atoms with Gasteiger partial charge in [-0.2, -0.15) is 0 Å². The van der Waals surface area contributed by atoms with Crippen molar-refractivity contribution in [2.75, 3.05) is 0 Å². The summed E-state index contributed by atoms with van der Waals surface area (Å²) in [6.45, 7) is 4.88. The SMILES string of the molecule is C[C@@H]([NH2+][C@H](C)C1C2CC3CC(C2)CC1C3)c1ccccc1. The Labute approximate surface area is 129 Å². The number of benzene rings is 1. The maximum atomic E-state index is 2.66. The van der Waals surface area contributed by atoms with Crippen LogP contribution in [-0.2, 0) is 0 Å². The van der Waals surface area contributed by atoms with Crippen LogP contribution in [0.4, 0.5) is 0 Å². The minimum atomic E-state index is 0.596. The summed E-state index contributed by atoms with van der Waals surface area (Å²) in [4.78, 5) is 0. The fourth-order valence-electron chi connectivity index (χ4n) is 6.28. The normalized spacial score (nSPS) is 40.2. The first-order chi connectivity index (χ1) is 10.2. The van der Waals surface area contributed by atoms with Crippen molar-refractivity contribution in [2.45, 2.75) is 58.0 Å². The zero-order valence-electron chi connectivity index (χ0n) is 13.5. The van der Waals surface area contributed by atoms with Gasteiger partial charge in [-0.1, -0.05) is 30.3 Å². The highest BCUT2D eigenvalue weighted by atomic mass is 15.0. The van der Waals surface area contributed by atoms with Gasteiger partial charge in [0.1, 0.15) is 6.04 Å². The van der Waals surface area contributed by atoms with E-state index < -0.39 is 0 Å². The van der Waals surface area contributed by atoms with Crippen LogP contribution < -0.4 is 5.32 Å². The van der Waals surface area contributed by atoms with Gasteiger partial charge in [0.15, 0.2) is 0 Å². The van der Waals surface area contributed by atoms with Gasteiger partial charge in [0.25, 0.3) is 0 Å². The van der Waals surface area contributed by atoms with Crippen LogP contribution in [-0.4, -0.2) is 6.04 Å². The third-order valence-electron chi connectivity index (χ3n) is 6.82. The van der Waals surface area contributed by atoms with E-state index in [9.17, 15) is 0 Å². The number of hydrogen-bond donors (Lipinski definition) is 1.